The first-order valence-electron chi connectivity index (χ1n) is 37.9. The monoisotopic (exact) mass is 1340 g/mol. The third-order valence-corrected chi connectivity index (χ3v) is 15.2. The maximum Gasteiger partial charge on any atom is 0.361 e. The molecular weight excluding hydrogens is 1200 g/mol. The van der Waals surface area contributed by atoms with E-state index in [0.29, 0.717) is 17.4 Å². The number of carboxylic acid groups (broad SMARTS) is 1. The molecule has 0 aromatic heterocycles. The highest BCUT2D eigenvalue weighted by molar-refractivity contribution is 5.71. The van der Waals surface area contributed by atoms with Crippen molar-refractivity contribution >= 4 is 17.9 Å². The van der Waals surface area contributed by atoms with Gasteiger partial charge in [0.2, 0.25) is 0 Å². The zero-order chi connectivity index (χ0) is 70.4. The zero-order valence-electron chi connectivity index (χ0n) is 61.9. The zero-order valence-corrected chi connectivity index (χ0v) is 61.9. The van der Waals surface area contributed by atoms with E-state index in [2.05, 4.69) is 233 Å². The van der Waals surface area contributed by atoms with Crippen LogP contribution in [0.5, 0.6) is 0 Å². The predicted octanol–water partition coefficient (Wildman–Crippen LogP) is 24.5. The predicted molar refractivity (Wildman–Crippen MR) is 418 cm³/mol. The highest BCUT2D eigenvalue weighted by atomic mass is 16.7. The summed E-state index contributed by atoms with van der Waals surface area (Å²) < 4.78 is 23.0. The summed E-state index contributed by atoms with van der Waals surface area (Å²) in [4.78, 5) is 37.7. The number of unbranched alkanes of at least 4 members (excludes halogenated alkanes) is 16. The second kappa shape index (κ2) is 75.4. The van der Waals surface area contributed by atoms with Gasteiger partial charge in [-0.1, -0.05) is 310 Å². The molecule has 0 fully saturated rings. The normalized spacial score (nSPS) is 13.9. The minimum absolute atomic E-state index is 0.172. The van der Waals surface area contributed by atoms with E-state index in [4.69, 9.17) is 18.9 Å². The summed E-state index contributed by atoms with van der Waals surface area (Å²) in [5.41, 5.74) is 0. The van der Waals surface area contributed by atoms with Crippen molar-refractivity contribution < 1.29 is 42.9 Å². The van der Waals surface area contributed by atoms with Gasteiger partial charge in [0.25, 0.3) is 6.29 Å². The number of carbonyl (C=O) groups is 3. The lowest BCUT2D eigenvalue weighted by atomic mass is 10.0. The molecule has 0 radical (unpaired) electrons. The fourth-order valence-corrected chi connectivity index (χ4v) is 9.53. The molecule has 0 spiro atoms. The van der Waals surface area contributed by atoms with Gasteiger partial charge in [0, 0.05) is 12.8 Å². The molecule has 0 aliphatic rings. The number of allylic oxidation sites excluding steroid dienone is 36. The third-order valence-electron chi connectivity index (χ3n) is 15.2. The van der Waals surface area contributed by atoms with Crippen LogP contribution in [0.1, 0.15) is 258 Å². The van der Waals surface area contributed by atoms with E-state index in [-0.39, 0.29) is 38.6 Å². The van der Waals surface area contributed by atoms with Crippen molar-refractivity contribution in [1.29, 1.82) is 0 Å². The summed E-state index contributed by atoms with van der Waals surface area (Å²) in [5.74, 6) is -2.05. The number of nitrogens with zero attached hydrogens (tertiary/aromatic N) is 1. The fraction of sp³-hybridized carbons (Fsp3) is 0.557. The van der Waals surface area contributed by atoms with E-state index in [9.17, 15) is 19.5 Å². The van der Waals surface area contributed by atoms with Crippen molar-refractivity contribution in [2.45, 2.75) is 270 Å². The van der Waals surface area contributed by atoms with E-state index in [1.807, 2.05) is 21.1 Å². The lowest BCUT2D eigenvalue weighted by Crippen LogP contribution is -2.40. The quantitative estimate of drug-likeness (QED) is 0.0211. The van der Waals surface area contributed by atoms with Gasteiger partial charge in [0.05, 0.1) is 34.4 Å². The molecule has 0 bridgehead atoms. The average Bonchev–Trinajstić information content (AvgIpc) is 3.27. The number of hydrogen-bond donors (Lipinski definition) is 1. The molecule has 2 unspecified atom stereocenters. The molecule has 1 N–H and O–H groups in total. The Morgan fingerprint density at radius 3 is 0.825 bits per heavy atom. The van der Waals surface area contributed by atoms with Crippen molar-refractivity contribution in [3.8, 4) is 0 Å². The SMILES string of the molecule is CC/C=C\C/C=C\C/C=C\C/C=C\C/C=C\C/C=C\C/C=C\C/C=C\C/C=C\C/C=C\CCCCCCCCCCCCC(=O)OC(COC(=O)CCCCCCCC/C=C\C/C=C\C/C=C\C/C=C\C/C=C\C/C=C\C/C=C\C/C=C\CC)COC(OCC[N+](C)(C)C)C(=O)O. The van der Waals surface area contributed by atoms with Crippen LogP contribution in [0.2, 0.25) is 0 Å². The number of esters is 2. The smallest absolute Gasteiger partial charge is 0.361 e. The summed E-state index contributed by atoms with van der Waals surface area (Å²) in [6, 6.07) is 0. The van der Waals surface area contributed by atoms with Crippen LogP contribution in [0.3, 0.4) is 0 Å². The first kappa shape index (κ1) is 90.6. The Hall–Kier alpha value is -6.39. The molecule has 0 aromatic carbocycles. The van der Waals surface area contributed by atoms with Crippen molar-refractivity contribution in [3.05, 3.63) is 219 Å². The van der Waals surface area contributed by atoms with Crippen LogP contribution < -0.4 is 0 Å². The van der Waals surface area contributed by atoms with Crippen LogP contribution in [-0.2, 0) is 33.3 Å². The fourth-order valence-electron chi connectivity index (χ4n) is 9.53. The molecule has 0 saturated carbocycles. The average molecular weight is 1340 g/mol. The Kier molecular flexibility index (Phi) is 70.4. The maximum atomic E-state index is 13.0. The van der Waals surface area contributed by atoms with Crippen molar-refractivity contribution in [2.75, 3.05) is 47.5 Å². The summed E-state index contributed by atoms with van der Waals surface area (Å²) in [5, 5.41) is 9.76. The molecule has 0 aliphatic carbocycles. The van der Waals surface area contributed by atoms with Crippen LogP contribution in [-0.4, -0.2) is 87.4 Å². The van der Waals surface area contributed by atoms with Crippen LogP contribution in [0.4, 0.5) is 0 Å². The highest BCUT2D eigenvalue weighted by Gasteiger charge is 2.25. The number of aliphatic carboxylic acids is 1. The van der Waals surface area contributed by atoms with Gasteiger partial charge < -0.3 is 28.5 Å². The molecule has 97 heavy (non-hydrogen) atoms. The van der Waals surface area contributed by atoms with Crippen molar-refractivity contribution in [2.24, 2.45) is 0 Å². The lowest BCUT2D eigenvalue weighted by molar-refractivity contribution is -0.870. The van der Waals surface area contributed by atoms with Crippen LogP contribution in [0, 0.1) is 0 Å². The van der Waals surface area contributed by atoms with Gasteiger partial charge in [0.1, 0.15) is 13.2 Å². The Balaban J connectivity index is 4.21. The van der Waals surface area contributed by atoms with E-state index in [1.165, 1.54) is 38.5 Å². The van der Waals surface area contributed by atoms with Gasteiger partial charge in [-0.25, -0.2) is 4.79 Å². The molecule has 0 saturated heterocycles. The number of rotatable bonds is 67. The Bertz CT molecular complexity index is 2400. The number of ether oxygens (including phenoxy) is 4. The largest absolute Gasteiger partial charge is 0.477 e. The molecule has 9 heteroatoms. The number of carbonyl (C=O) groups excluding carboxylic acids is 2. The number of carboxylic acids is 1. The van der Waals surface area contributed by atoms with Gasteiger partial charge >= 0.3 is 17.9 Å². The molecule has 2 atom stereocenters. The highest BCUT2D eigenvalue weighted by Crippen LogP contribution is 2.15. The van der Waals surface area contributed by atoms with Gasteiger partial charge in [0.15, 0.2) is 6.10 Å². The van der Waals surface area contributed by atoms with Crippen LogP contribution in [0.15, 0.2) is 219 Å². The summed E-state index contributed by atoms with van der Waals surface area (Å²) in [6.07, 6.45) is 116. The maximum absolute atomic E-state index is 13.0. The summed E-state index contributed by atoms with van der Waals surface area (Å²) in [6.45, 7) is 4.60. The molecule has 542 valence electrons. The number of quaternary nitrogens is 1. The number of hydrogen-bond acceptors (Lipinski definition) is 7. The van der Waals surface area contributed by atoms with E-state index in [1.54, 1.807) is 0 Å². The van der Waals surface area contributed by atoms with E-state index >= 15 is 0 Å². The Morgan fingerprint density at radius 1 is 0.309 bits per heavy atom. The van der Waals surface area contributed by atoms with Crippen molar-refractivity contribution in [1.82, 2.24) is 0 Å². The van der Waals surface area contributed by atoms with E-state index < -0.39 is 24.3 Å². The second-order valence-electron chi connectivity index (χ2n) is 25.5. The summed E-state index contributed by atoms with van der Waals surface area (Å²) in [7, 11) is 5.96. The molecule has 0 rings (SSSR count). The number of likely N-dealkylation sites (N-methyl/N-ethyl adjacent to an activating group) is 1. The lowest BCUT2D eigenvalue weighted by Gasteiger charge is -2.25. The molecule has 0 heterocycles. The van der Waals surface area contributed by atoms with Gasteiger partial charge in [-0.15, -0.1) is 0 Å². The molecule has 0 amide bonds. The van der Waals surface area contributed by atoms with Crippen molar-refractivity contribution in [3.63, 3.8) is 0 Å². The van der Waals surface area contributed by atoms with Gasteiger partial charge in [-0.3, -0.25) is 9.59 Å². The van der Waals surface area contributed by atoms with Gasteiger partial charge in [-0.2, -0.15) is 0 Å². The second-order valence-corrected chi connectivity index (χ2v) is 25.5. The molecular formula is C88H138NO8+. The minimum atomic E-state index is -1.53. The molecule has 0 aliphatic heterocycles. The Labute approximate surface area is 594 Å². The van der Waals surface area contributed by atoms with E-state index in [0.717, 1.165) is 186 Å². The standard InChI is InChI=1S/C88H137NO8/c1-6-8-10-12-14-16-18-20-22-24-26-28-30-32-34-36-38-39-40-41-42-43-44-45-46-47-49-51-53-55-57-59-61-63-65-67-69-71-73-75-77-79-86(91)97-84(83-96-88(87(92)93)94-81-80-89(3,4)5)82-95-85(90)78-76-74-72-70-68-66-64-62-60-58-56-54-52-50-48-37-35-33-31-29-27-25-23-21-19-17-15-13-11-9-7-2/h8-11,14-17,20-23,26-29,32-35,38-39,41-42,44-45,47-50,53-56,60,62,84,88H,6-7,12-13,18-19,24-25,30-31,36-37,40,43,46,51-52,57-59,61,63-83H2,1-5H3/p+1/b10-8-,11-9-,16-14-,17-15-,22-20-,23-21-,28-26-,29-27-,34-32-,35-33-,39-38-,42-41-,45-44-,49-47-,50-48-,55-53-,56-54-,62-60-. The molecule has 0 aromatic rings. The molecule has 9 nitrogen and oxygen atoms in total. The minimum Gasteiger partial charge on any atom is -0.477 e. The van der Waals surface area contributed by atoms with Crippen LogP contribution >= 0.6 is 0 Å². The van der Waals surface area contributed by atoms with Gasteiger partial charge in [-0.05, 0) is 154 Å². The van der Waals surface area contributed by atoms with Crippen LogP contribution in [0.25, 0.3) is 0 Å². The summed E-state index contributed by atoms with van der Waals surface area (Å²) >= 11 is 0. The Morgan fingerprint density at radius 2 is 0.557 bits per heavy atom. The first-order chi connectivity index (χ1) is 47.6. The topological polar surface area (TPSA) is 108 Å². The first-order valence-corrected chi connectivity index (χ1v) is 37.9. The third kappa shape index (κ3) is 76.8.